The molecule has 0 amide bonds. The summed E-state index contributed by atoms with van der Waals surface area (Å²) in [7, 11) is 0. The molecule has 120 valence electrons. The van der Waals surface area contributed by atoms with Crippen molar-refractivity contribution in [2.75, 3.05) is 0 Å². The monoisotopic (exact) mass is 328 g/mol. The van der Waals surface area contributed by atoms with Gasteiger partial charge in [0.2, 0.25) is 0 Å². The standard InChI is InChI=1S/C26H16/c1-3-7-22-17(5-1)10-13-20-16-25-21(15-24(20)22)14-12-19-11-9-18-6-2-4-8-23(18)26(19)25/h1-16H. The Bertz CT molecular complexity index is 1470. The minimum Gasteiger partial charge on any atom is -0.0616 e. The molecule has 0 aliphatic heterocycles. The molecule has 0 radical (unpaired) electrons. The number of hydrogen-bond donors (Lipinski definition) is 0. The summed E-state index contributed by atoms with van der Waals surface area (Å²) in [5.74, 6) is 0. The van der Waals surface area contributed by atoms with Crippen molar-refractivity contribution in [2.24, 2.45) is 0 Å². The third-order valence-electron chi connectivity index (χ3n) is 5.59. The first-order valence-electron chi connectivity index (χ1n) is 9.04. The summed E-state index contributed by atoms with van der Waals surface area (Å²) in [5, 5.41) is 13.2. The molecule has 6 rings (SSSR count). The second-order valence-corrected chi connectivity index (χ2v) is 7.03. The van der Waals surface area contributed by atoms with Crippen molar-refractivity contribution in [1.82, 2.24) is 0 Å². The van der Waals surface area contributed by atoms with E-state index in [1.54, 1.807) is 0 Å². The van der Waals surface area contributed by atoms with Gasteiger partial charge in [0.05, 0.1) is 0 Å². The lowest BCUT2D eigenvalue weighted by atomic mass is 9.93. The van der Waals surface area contributed by atoms with Gasteiger partial charge in [-0.05, 0) is 66.0 Å². The van der Waals surface area contributed by atoms with Gasteiger partial charge in [-0.1, -0.05) is 84.9 Å². The van der Waals surface area contributed by atoms with Crippen LogP contribution in [0.4, 0.5) is 0 Å². The minimum atomic E-state index is 1.30. The molecule has 6 aromatic carbocycles. The van der Waals surface area contributed by atoms with Crippen LogP contribution in [0.2, 0.25) is 0 Å². The number of hydrogen-bond acceptors (Lipinski definition) is 0. The van der Waals surface area contributed by atoms with Crippen LogP contribution in [0.15, 0.2) is 97.1 Å². The zero-order valence-electron chi connectivity index (χ0n) is 14.2. The Kier molecular flexibility index (Phi) is 2.70. The van der Waals surface area contributed by atoms with Crippen molar-refractivity contribution in [3.8, 4) is 0 Å². The van der Waals surface area contributed by atoms with Crippen molar-refractivity contribution in [3.05, 3.63) is 97.1 Å². The van der Waals surface area contributed by atoms with Crippen molar-refractivity contribution >= 4 is 53.9 Å². The van der Waals surface area contributed by atoms with Gasteiger partial charge in [0.25, 0.3) is 0 Å². The number of rotatable bonds is 0. The summed E-state index contributed by atoms with van der Waals surface area (Å²) in [5.41, 5.74) is 0. The quantitative estimate of drug-likeness (QED) is 0.200. The van der Waals surface area contributed by atoms with Crippen molar-refractivity contribution in [3.63, 3.8) is 0 Å². The molecule has 0 unspecified atom stereocenters. The molecule has 0 atom stereocenters. The predicted octanol–water partition coefficient (Wildman–Crippen LogP) is 7.45. The van der Waals surface area contributed by atoms with E-state index in [0.29, 0.717) is 0 Å². The van der Waals surface area contributed by atoms with E-state index in [-0.39, 0.29) is 0 Å². The largest absolute Gasteiger partial charge is 0.0616 e. The topological polar surface area (TPSA) is 0 Å². The summed E-state index contributed by atoms with van der Waals surface area (Å²) in [4.78, 5) is 0. The van der Waals surface area contributed by atoms with E-state index in [1.807, 2.05) is 0 Å². The van der Waals surface area contributed by atoms with Crippen LogP contribution in [0.1, 0.15) is 0 Å². The van der Waals surface area contributed by atoms with Crippen LogP contribution >= 0.6 is 0 Å². The Morgan fingerprint density at radius 2 is 0.808 bits per heavy atom. The molecular weight excluding hydrogens is 312 g/mol. The van der Waals surface area contributed by atoms with Crippen LogP contribution in [0.3, 0.4) is 0 Å². The fourth-order valence-electron chi connectivity index (χ4n) is 4.33. The Hall–Kier alpha value is -3.38. The fourth-order valence-corrected chi connectivity index (χ4v) is 4.33. The Morgan fingerprint density at radius 3 is 1.58 bits per heavy atom. The highest BCUT2D eigenvalue weighted by Crippen LogP contribution is 2.36. The van der Waals surface area contributed by atoms with Crippen molar-refractivity contribution in [1.29, 1.82) is 0 Å². The summed E-state index contributed by atoms with van der Waals surface area (Å²) >= 11 is 0. The van der Waals surface area contributed by atoms with E-state index in [2.05, 4.69) is 97.1 Å². The second-order valence-electron chi connectivity index (χ2n) is 7.03. The highest BCUT2D eigenvalue weighted by molar-refractivity contribution is 6.23. The van der Waals surface area contributed by atoms with Gasteiger partial charge in [-0.15, -0.1) is 0 Å². The molecule has 0 nitrogen and oxygen atoms in total. The van der Waals surface area contributed by atoms with E-state index >= 15 is 0 Å². The first kappa shape index (κ1) is 13.9. The predicted molar refractivity (Wildman–Crippen MR) is 114 cm³/mol. The van der Waals surface area contributed by atoms with Gasteiger partial charge in [-0.2, -0.15) is 0 Å². The van der Waals surface area contributed by atoms with Gasteiger partial charge >= 0.3 is 0 Å². The van der Waals surface area contributed by atoms with Crippen LogP contribution in [-0.4, -0.2) is 0 Å². The van der Waals surface area contributed by atoms with Crippen LogP contribution in [-0.2, 0) is 0 Å². The molecule has 0 saturated heterocycles. The van der Waals surface area contributed by atoms with E-state index in [4.69, 9.17) is 0 Å². The molecule has 0 aliphatic rings. The lowest BCUT2D eigenvalue weighted by Gasteiger charge is -2.11. The average Bonchev–Trinajstić information content (AvgIpc) is 2.71. The smallest absolute Gasteiger partial charge is 0.00266 e. The highest BCUT2D eigenvalue weighted by atomic mass is 14.1. The van der Waals surface area contributed by atoms with Gasteiger partial charge in [0, 0.05) is 0 Å². The number of benzene rings is 6. The van der Waals surface area contributed by atoms with Gasteiger partial charge < -0.3 is 0 Å². The van der Waals surface area contributed by atoms with E-state index in [0.717, 1.165) is 0 Å². The third-order valence-corrected chi connectivity index (χ3v) is 5.59. The zero-order valence-corrected chi connectivity index (χ0v) is 14.2. The van der Waals surface area contributed by atoms with Gasteiger partial charge in [0.1, 0.15) is 0 Å². The second kappa shape index (κ2) is 5.06. The maximum absolute atomic E-state index is 2.37. The third kappa shape index (κ3) is 1.84. The molecule has 0 aromatic heterocycles. The SMILES string of the molecule is c1ccc2c(c1)ccc1cc3c(ccc4ccc5ccccc5c43)cc12. The van der Waals surface area contributed by atoms with Gasteiger partial charge in [-0.3, -0.25) is 0 Å². The van der Waals surface area contributed by atoms with Gasteiger partial charge in [-0.25, -0.2) is 0 Å². The maximum Gasteiger partial charge on any atom is -0.00266 e. The summed E-state index contributed by atoms with van der Waals surface area (Å²) < 4.78 is 0. The maximum atomic E-state index is 2.37. The summed E-state index contributed by atoms with van der Waals surface area (Å²) in [6, 6.07) is 35.5. The molecule has 0 N–H and O–H groups in total. The molecule has 0 heteroatoms. The summed E-state index contributed by atoms with van der Waals surface area (Å²) in [6.45, 7) is 0. The molecule has 0 bridgehead atoms. The zero-order chi connectivity index (χ0) is 17.1. The lowest BCUT2D eigenvalue weighted by Crippen LogP contribution is -1.83. The molecule has 0 aliphatic carbocycles. The number of fused-ring (bicyclic) bond motifs is 8. The first-order chi connectivity index (χ1) is 12.9. The van der Waals surface area contributed by atoms with Crippen LogP contribution in [0, 0.1) is 0 Å². The lowest BCUT2D eigenvalue weighted by molar-refractivity contribution is 1.78. The highest BCUT2D eigenvalue weighted by Gasteiger charge is 2.08. The molecule has 6 aromatic rings. The molecule has 0 fully saturated rings. The molecule has 0 heterocycles. The van der Waals surface area contributed by atoms with Crippen LogP contribution in [0.5, 0.6) is 0 Å². The normalized spacial score (nSPS) is 11.8. The Labute approximate surface area is 151 Å². The Morgan fingerprint density at radius 1 is 0.308 bits per heavy atom. The minimum absolute atomic E-state index is 1.30. The Balaban J connectivity index is 1.86. The van der Waals surface area contributed by atoms with Crippen LogP contribution < -0.4 is 0 Å². The first-order valence-corrected chi connectivity index (χ1v) is 9.04. The molecule has 0 spiro atoms. The van der Waals surface area contributed by atoms with Crippen LogP contribution in [0.25, 0.3) is 53.9 Å². The van der Waals surface area contributed by atoms with E-state index in [1.165, 1.54) is 53.9 Å². The van der Waals surface area contributed by atoms with E-state index < -0.39 is 0 Å². The fraction of sp³-hybridized carbons (Fsp3) is 0. The average molecular weight is 328 g/mol. The molecular formula is C26H16. The molecule has 26 heavy (non-hydrogen) atoms. The molecule has 0 saturated carbocycles. The van der Waals surface area contributed by atoms with Gasteiger partial charge in [0.15, 0.2) is 0 Å². The summed E-state index contributed by atoms with van der Waals surface area (Å²) in [6.07, 6.45) is 0. The van der Waals surface area contributed by atoms with Crippen molar-refractivity contribution < 1.29 is 0 Å². The van der Waals surface area contributed by atoms with Crippen molar-refractivity contribution in [2.45, 2.75) is 0 Å². The van der Waals surface area contributed by atoms with E-state index in [9.17, 15) is 0 Å².